The SMILES string of the molecule is CCCNC(Cc1ncnn1C)c1cccc(F)c1. The van der Waals surface area contributed by atoms with Crippen molar-refractivity contribution in [1.82, 2.24) is 20.1 Å². The van der Waals surface area contributed by atoms with Crippen LogP contribution in [-0.2, 0) is 13.5 Å². The van der Waals surface area contributed by atoms with Crippen molar-refractivity contribution in [3.8, 4) is 0 Å². The van der Waals surface area contributed by atoms with Gasteiger partial charge in [-0.1, -0.05) is 19.1 Å². The lowest BCUT2D eigenvalue weighted by atomic mass is 10.0. The minimum atomic E-state index is -0.209. The van der Waals surface area contributed by atoms with E-state index in [4.69, 9.17) is 0 Å². The van der Waals surface area contributed by atoms with Crippen molar-refractivity contribution < 1.29 is 4.39 Å². The Labute approximate surface area is 112 Å². The minimum Gasteiger partial charge on any atom is -0.310 e. The average Bonchev–Trinajstić information content (AvgIpc) is 2.80. The van der Waals surface area contributed by atoms with Crippen LogP contribution in [0, 0.1) is 5.82 Å². The number of aromatic nitrogens is 3. The maximum absolute atomic E-state index is 13.3. The molecule has 0 aliphatic rings. The lowest BCUT2D eigenvalue weighted by Crippen LogP contribution is -2.25. The van der Waals surface area contributed by atoms with Gasteiger partial charge in [-0.05, 0) is 30.7 Å². The van der Waals surface area contributed by atoms with Gasteiger partial charge in [0.1, 0.15) is 18.0 Å². The largest absolute Gasteiger partial charge is 0.310 e. The van der Waals surface area contributed by atoms with Gasteiger partial charge in [-0.3, -0.25) is 4.68 Å². The highest BCUT2D eigenvalue weighted by atomic mass is 19.1. The molecule has 0 saturated heterocycles. The zero-order valence-corrected chi connectivity index (χ0v) is 11.3. The van der Waals surface area contributed by atoms with Crippen LogP contribution in [0.25, 0.3) is 0 Å². The van der Waals surface area contributed by atoms with Crippen LogP contribution in [0.1, 0.15) is 30.8 Å². The van der Waals surface area contributed by atoms with Gasteiger partial charge in [-0.25, -0.2) is 9.37 Å². The summed E-state index contributed by atoms with van der Waals surface area (Å²) in [6.45, 7) is 3.00. The van der Waals surface area contributed by atoms with Crippen LogP contribution in [0.2, 0.25) is 0 Å². The second kappa shape index (κ2) is 6.43. The molecule has 0 fully saturated rings. The summed E-state index contributed by atoms with van der Waals surface area (Å²) in [4.78, 5) is 4.23. The minimum absolute atomic E-state index is 0.0542. The summed E-state index contributed by atoms with van der Waals surface area (Å²) in [7, 11) is 1.87. The number of nitrogens with zero attached hydrogens (tertiary/aromatic N) is 3. The molecule has 0 spiro atoms. The highest BCUT2D eigenvalue weighted by Crippen LogP contribution is 2.18. The molecule has 1 heterocycles. The molecule has 1 N–H and O–H groups in total. The van der Waals surface area contributed by atoms with Gasteiger partial charge in [0.15, 0.2) is 0 Å². The maximum atomic E-state index is 13.3. The van der Waals surface area contributed by atoms with Crippen LogP contribution in [0.15, 0.2) is 30.6 Å². The monoisotopic (exact) mass is 262 g/mol. The average molecular weight is 262 g/mol. The molecule has 4 nitrogen and oxygen atoms in total. The zero-order valence-electron chi connectivity index (χ0n) is 11.3. The molecule has 1 atom stereocenters. The van der Waals surface area contributed by atoms with Crippen molar-refractivity contribution in [2.75, 3.05) is 6.54 Å². The van der Waals surface area contributed by atoms with Crippen molar-refractivity contribution in [3.63, 3.8) is 0 Å². The molecule has 1 unspecified atom stereocenters. The Balaban J connectivity index is 2.18. The summed E-state index contributed by atoms with van der Waals surface area (Å²) in [6.07, 6.45) is 3.27. The van der Waals surface area contributed by atoms with E-state index >= 15 is 0 Å². The Bertz CT molecular complexity index is 524. The van der Waals surface area contributed by atoms with Crippen molar-refractivity contribution in [2.24, 2.45) is 7.05 Å². The molecule has 0 amide bonds. The van der Waals surface area contributed by atoms with Gasteiger partial charge in [0, 0.05) is 19.5 Å². The van der Waals surface area contributed by atoms with Crippen molar-refractivity contribution >= 4 is 0 Å². The maximum Gasteiger partial charge on any atom is 0.138 e. The van der Waals surface area contributed by atoms with E-state index in [0.717, 1.165) is 24.4 Å². The summed E-state index contributed by atoms with van der Waals surface area (Å²) >= 11 is 0. The summed E-state index contributed by atoms with van der Waals surface area (Å²) in [6, 6.07) is 6.76. The molecule has 0 bridgehead atoms. The molecule has 0 aliphatic heterocycles. The normalized spacial score (nSPS) is 12.6. The van der Waals surface area contributed by atoms with Gasteiger partial charge in [0.2, 0.25) is 0 Å². The van der Waals surface area contributed by atoms with Crippen LogP contribution in [-0.4, -0.2) is 21.3 Å². The van der Waals surface area contributed by atoms with E-state index in [0.29, 0.717) is 6.42 Å². The Morgan fingerprint density at radius 1 is 1.42 bits per heavy atom. The number of nitrogens with one attached hydrogen (secondary N) is 1. The third-order valence-corrected chi connectivity index (χ3v) is 3.08. The molecule has 0 saturated carbocycles. The number of benzene rings is 1. The van der Waals surface area contributed by atoms with E-state index in [-0.39, 0.29) is 11.9 Å². The quantitative estimate of drug-likeness (QED) is 0.868. The molecule has 1 aromatic carbocycles. The van der Waals surface area contributed by atoms with Gasteiger partial charge in [-0.15, -0.1) is 0 Å². The van der Waals surface area contributed by atoms with Crippen LogP contribution in [0.3, 0.4) is 0 Å². The molecule has 19 heavy (non-hydrogen) atoms. The van der Waals surface area contributed by atoms with Crippen LogP contribution in [0.5, 0.6) is 0 Å². The van der Waals surface area contributed by atoms with E-state index in [1.165, 1.54) is 12.4 Å². The summed E-state index contributed by atoms with van der Waals surface area (Å²) in [5.74, 6) is 0.677. The van der Waals surface area contributed by atoms with E-state index in [2.05, 4.69) is 22.3 Å². The lowest BCUT2D eigenvalue weighted by molar-refractivity contribution is 0.503. The predicted octanol–water partition coefficient (Wildman–Crippen LogP) is 2.24. The first-order valence-electron chi connectivity index (χ1n) is 6.52. The zero-order chi connectivity index (χ0) is 13.7. The molecule has 2 aromatic rings. The van der Waals surface area contributed by atoms with E-state index in [1.54, 1.807) is 16.8 Å². The van der Waals surface area contributed by atoms with Crippen molar-refractivity contribution in [1.29, 1.82) is 0 Å². The van der Waals surface area contributed by atoms with Crippen molar-refractivity contribution in [3.05, 3.63) is 47.8 Å². The van der Waals surface area contributed by atoms with Gasteiger partial charge in [0.25, 0.3) is 0 Å². The Morgan fingerprint density at radius 2 is 2.26 bits per heavy atom. The number of aryl methyl sites for hydroxylation is 1. The van der Waals surface area contributed by atoms with E-state index < -0.39 is 0 Å². The van der Waals surface area contributed by atoms with Gasteiger partial charge in [0.05, 0.1) is 0 Å². The number of rotatable bonds is 6. The second-order valence-corrected chi connectivity index (χ2v) is 4.57. The predicted molar refractivity (Wildman–Crippen MR) is 72.1 cm³/mol. The lowest BCUT2D eigenvalue weighted by Gasteiger charge is -2.18. The van der Waals surface area contributed by atoms with E-state index in [1.807, 2.05) is 13.1 Å². The third kappa shape index (κ3) is 3.61. The van der Waals surface area contributed by atoms with Gasteiger partial charge in [-0.2, -0.15) is 5.10 Å². The van der Waals surface area contributed by atoms with Crippen LogP contribution < -0.4 is 5.32 Å². The van der Waals surface area contributed by atoms with Gasteiger partial charge >= 0.3 is 0 Å². The topological polar surface area (TPSA) is 42.7 Å². The van der Waals surface area contributed by atoms with Crippen LogP contribution in [0.4, 0.5) is 4.39 Å². The standard InChI is InChI=1S/C14H19FN4/c1-3-7-16-13(9-14-17-10-18-19(14)2)11-5-4-6-12(15)8-11/h4-6,8,10,13,16H,3,7,9H2,1-2H3. The smallest absolute Gasteiger partial charge is 0.138 e. The highest BCUT2D eigenvalue weighted by Gasteiger charge is 2.14. The fourth-order valence-corrected chi connectivity index (χ4v) is 2.04. The second-order valence-electron chi connectivity index (χ2n) is 4.57. The van der Waals surface area contributed by atoms with Crippen LogP contribution >= 0.6 is 0 Å². The third-order valence-electron chi connectivity index (χ3n) is 3.08. The molecule has 0 radical (unpaired) electrons. The number of halogens is 1. The molecular formula is C14H19FN4. The highest BCUT2D eigenvalue weighted by molar-refractivity contribution is 5.21. The van der Waals surface area contributed by atoms with E-state index in [9.17, 15) is 4.39 Å². The molecule has 5 heteroatoms. The molecular weight excluding hydrogens is 243 g/mol. The Kier molecular flexibility index (Phi) is 4.63. The summed E-state index contributed by atoms with van der Waals surface area (Å²) < 4.78 is 15.1. The summed E-state index contributed by atoms with van der Waals surface area (Å²) in [5, 5.41) is 7.50. The Hall–Kier alpha value is -1.75. The summed E-state index contributed by atoms with van der Waals surface area (Å²) in [5.41, 5.74) is 0.941. The first kappa shape index (κ1) is 13.7. The first-order chi connectivity index (χ1) is 9.20. The molecule has 2 rings (SSSR count). The van der Waals surface area contributed by atoms with Gasteiger partial charge < -0.3 is 5.32 Å². The number of hydrogen-bond acceptors (Lipinski definition) is 3. The Morgan fingerprint density at radius 3 is 2.89 bits per heavy atom. The number of hydrogen-bond donors (Lipinski definition) is 1. The molecule has 1 aromatic heterocycles. The fraction of sp³-hybridized carbons (Fsp3) is 0.429. The first-order valence-corrected chi connectivity index (χ1v) is 6.52. The molecule has 0 aliphatic carbocycles. The fourth-order valence-electron chi connectivity index (χ4n) is 2.04. The molecule has 102 valence electrons. The van der Waals surface area contributed by atoms with Crippen molar-refractivity contribution in [2.45, 2.75) is 25.8 Å².